The highest BCUT2D eigenvalue weighted by Gasteiger charge is 2.30. The Balaban J connectivity index is 3.46. The van der Waals surface area contributed by atoms with E-state index in [1.54, 1.807) is 14.0 Å². The number of ether oxygens (including phenoxy) is 1. The van der Waals surface area contributed by atoms with Crippen LogP contribution in [0.2, 0.25) is 0 Å². The molecule has 0 aromatic heterocycles. The first kappa shape index (κ1) is 14.5. The van der Waals surface area contributed by atoms with Gasteiger partial charge in [0.15, 0.2) is 0 Å². The summed E-state index contributed by atoms with van der Waals surface area (Å²) < 4.78 is 5.32. The fourth-order valence-corrected chi connectivity index (χ4v) is 1.74. The lowest BCUT2D eigenvalue weighted by Gasteiger charge is -2.27. The largest absolute Gasteiger partial charge is 0.496 e. The summed E-state index contributed by atoms with van der Waals surface area (Å²) in [4.78, 5) is 0. The molecule has 1 atom stereocenters. The molecule has 0 fully saturated rings. The van der Waals surface area contributed by atoms with Crippen molar-refractivity contribution in [2.45, 2.75) is 38.6 Å². The zero-order valence-corrected chi connectivity index (χ0v) is 11.7. The number of hydrogen-bond donors (Lipinski definition) is 2. The Hall–Kier alpha value is -1.57. The molecule has 4 heteroatoms. The molecule has 18 heavy (non-hydrogen) atoms. The average molecular weight is 247 g/mol. The van der Waals surface area contributed by atoms with Gasteiger partial charge in [-0.1, -0.05) is 26.8 Å². The fraction of sp³-hybridized carbons (Fsp3) is 0.500. The molecule has 0 aliphatic rings. The highest BCUT2D eigenvalue weighted by Crippen LogP contribution is 2.33. The van der Waals surface area contributed by atoms with Gasteiger partial charge in [0.25, 0.3) is 0 Å². The number of nitrogens with zero attached hydrogens (tertiary/aromatic N) is 1. The molecule has 4 nitrogen and oxygen atoms in total. The minimum atomic E-state index is -0.966. The van der Waals surface area contributed by atoms with Gasteiger partial charge in [0, 0.05) is 5.56 Å². The van der Waals surface area contributed by atoms with Crippen molar-refractivity contribution in [3.05, 3.63) is 29.3 Å². The highest BCUT2D eigenvalue weighted by atomic mass is 16.5. The van der Waals surface area contributed by atoms with Crippen LogP contribution >= 0.6 is 0 Å². The maximum absolute atomic E-state index is 9.30. The summed E-state index contributed by atoms with van der Waals surface area (Å²) in [6, 6.07) is 8.04. The van der Waals surface area contributed by atoms with Crippen LogP contribution in [0, 0.1) is 11.3 Å². The summed E-state index contributed by atoms with van der Waals surface area (Å²) >= 11 is 0. The van der Waals surface area contributed by atoms with Crippen LogP contribution in [-0.4, -0.2) is 7.11 Å². The molecule has 0 saturated heterocycles. The number of nitrogens with two attached hydrogens (primary N) is 1. The third kappa shape index (κ3) is 2.63. The topological polar surface area (TPSA) is 71.1 Å². The predicted molar refractivity (Wildman–Crippen MR) is 72.0 cm³/mol. The van der Waals surface area contributed by atoms with Crippen LogP contribution in [0.25, 0.3) is 0 Å². The van der Waals surface area contributed by atoms with Gasteiger partial charge < -0.3 is 4.74 Å². The Labute approximate surface area is 109 Å². The zero-order chi connectivity index (χ0) is 14.0. The first-order valence-corrected chi connectivity index (χ1v) is 5.86. The Bertz CT molecular complexity index is 471. The van der Waals surface area contributed by atoms with Crippen molar-refractivity contribution in [1.29, 1.82) is 5.26 Å². The Morgan fingerprint density at radius 2 is 1.89 bits per heavy atom. The van der Waals surface area contributed by atoms with Crippen molar-refractivity contribution >= 4 is 0 Å². The van der Waals surface area contributed by atoms with E-state index in [0.717, 1.165) is 11.1 Å². The lowest BCUT2D eigenvalue weighted by Crippen LogP contribution is -2.43. The van der Waals surface area contributed by atoms with Gasteiger partial charge in [0.05, 0.1) is 13.2 Å². The van der Waals surface area contributed by atoms with Gasteiger partial charge in [0.2, 0.25) is 0 Å². The summed E-state index contributed by atoms with van der Waals surface area (Å²) in [5.41, 5.74) is 3.48. The normalized spacial score (nSPS) is 14.7. The molecule has 1 aromatic carbocycles. The third-order valence-electron chi connectivity index (χ3n) is 3.12. The van der Waals surface area contributed by atoms with Crippen LogP contribution in [0.1, 0.15) is 38.8 Å². The number of hydrogen-bond acceptors (Lipinski definition) is 4. The number of rotatable bonds is 3. The van der Waals surface area contributed by atoms with Gasteiger partial charge in [-0.3, -0.25) is 5.84 Å². The van der Waals surface area contributed by atoms with Crippen LogP contribution in [0.15, 0.2) is 18.2 Å². The van der Waals surface area contributed by atoms with E-state index < -0.39 is 5.54 Å². The molecule has 1 aromatic rings. The van der Waals surface area contributed by atoms with Crippen molar-refractivity contribution in [3.63, 3.8) is 0 Å². The van der Waals surface area contributed by atoms with Crippen molar-refractivity contribution in [2.75, 3.05) is 7.11 Å². The van der Waals surface area contributed by atoms with Crippen molar-refractivity contribution in [2.24, 2.45) is 5.84 Å². The number of hydrazine groups is 1. The minimum Gasteiger partial charge on any atom is -0.496 e. The van der Waals surface area contributed by atoms with Gasteiger partial charge in [-0.25, -0.2) is 5.43 Å². The molecular weight excluding hydrogens is 226 g/mol. The molecule has 3 N–H and O–H groups in total. The summed E-state index contributed by atoms with van der Waals surface area (Å²) in [7, 11) is 1.59. The van der Waals surface area contributed by atoms with Crippen LogP contribution in [-0.2, 0) is 11.0 Å². The third-order valence-corrected chi connectivity index (χ3v) is 3.12. The van der Waals surface area contributed by atoms with E-state index in [1.807, 2.05) is 18.2 Å². The van der Waals surface area contributed by atoms with E-state index in [4.69, 9.17) is 10.6 Å². The molecule has 0 aliphatic carbocycles. The van der Waals surface area contributed by atoms with Gasteiger partial charge in [-0.05, 0) is 30.0 Å². The van der Waals surface area contributed by atoms with Gasteiger partial charge in [0.1, 0.15) is 11.3 Å². The number of nitrogens with one attached hydrogen (secondary N) is 1. The fourth-order valence-electron chi connectivity index (χ4n) is 1.74. The number of methoxy groups -OCH3 is 1. The number of benzene rings is 1. The van der Waals surface area contributed by atoms with E-state index in [0.29, 0.717) is 5.75 Å². The van der Waals surface area contributed by atoms with Gasteiger partial charge in [-0.2, -0.15) is 5.26 Å². The second-order valence-corrected chi connectivity index (χ2v) is 5.55. The van der Waals surface area contributed by atoms with E-state index in [2.05, 4.69) is 32.3 Å². The molecule has 98 valence electrons. The van der Waals surface area contributed by atoms with Crippen LogP contribution in [0.5, 0.6) is 5.75 Å². The van der Waals surface area contributed by atoms with Crippen LogP contribution < -0.4 is 16.0 Å². The minimum absolute atomic E-state index is 0.00594. The van der Waals surface area contributed by atoms with Crippen molar-refractivity contribution < 1.29 is 4.74 Å². The monoisotopic (exact) mass is 247 g/mol. The maximum Gasteiger partial charge on any atom is 0.145 e. The van der Waals surface area contributed by atoms with Crippen LogP contribution in [0.4, 0.5) is 0 Å². The lowest BCUT2D eigenvalue weighted by atomic mass is 9.83. The molecule has 0 saturated carbocycles. The zero-order valence-electron chi connectivity index (χ0n) is 11.7. The van der Waals surface area contributed by atoms with Crippen molar-refractivity contribution in [1.82, 2.24) is 5.43 Å². The molecule has 1 unspecified atom stereocenters. The second kappa shape index (κ2) is 4.97. The summed E-state index contributed by atoms with van der Waals surface area (Å²) in [5.74, 6) is 6.16. The molecule has 0 radical (unpaired) electrons. The first-order valence-electron chi connectivity index (χ1n) is 5.86. The van der Waals surface area contributed by atoms with Crippen molar-refractivity contribution in [3.8, 4) is 11.8 Å². The predicted octanol–water partition coefficient (Wildman–Crippen LogP) is 2.19. The summed E-state index contributed by atoms with van der Waals surface area (Å²) in [6.07, 6.45) is 0. The van der Waals surface area contributed by atoms with E-state index >= 15 is 0 Å². The van der Waals surface area contributed by atoms with E-state index in [-0.39, 0.29) is 5.41 Å². The molecule has 0 aliphatic heterocycles. The Kier molecular flexibility index (Phi) is 4.00. The molecule has 0 amide bonds. The molecule has 0 heterocycles. The van der Waals surface area contributed by atoms with E-state index in [1.165, 1.54) is 0 Å². The summed E-state index contributed by atoms with van der Waals surface area (Å²) in [5, 5.41) is 9.30. The maximum atomic E-state index is 9.30. The Morgan fingerprint density at radius 3 is 2.28 bits per heavy atom. The van der Waals surface area contributed by atoms with E-state index in [9.17, 15) is 5.26 Å². The molecule has 1 rings (SSSR count). The smallest absolute Gasteiger partial charge is 0.145 e. The second-order valence-electron chi connectivity index (χ2n) is 5.55. The standard InChI is InChI=1S/C14H21N3O/c1-13(2,3)10-6-7-12(18-5)11(8-10)14(4,9-15)17-16/h6-8,17H,16H2,1-5H3. The highest BCUT2D eigenvalue weighted by molar-refractivity contribution is 5.46. The SMILES string of the molecule is COc1ccc(C(C)(C)C)cc1C(C)(C#N)NN. The van der Waals surface area contributed by atoms with Crippen LogP contribution in [0.3, 0.4) is 0 Å². The van der Waals surface area contributed by atoms with Gasteiger partial charge >= 0.3 is 0 Å². The quantitative estimate of drug-likeness (QED) is 0.634. The Morgan fingerprint density at radius 1 is 1.28 bits per heavy atom. The molecule has 0 spiro atoms. The number of nitriles is 1. The summed E-state index contributed by atoms with van der Waals surface area (Å²) in [6.45, 7) is 8.10. The average Bonchev–Trinajstić information content (AvgIpc) is 2.36. The lowest BCUT2D eigenvalue weighted by molar-refractivity contribution is 0.386. The van der Waals surface area contributed by atoms with Gasteiger partial charge in [-0.15, -0.1) is 0 Å². The molecule has 0 bridgehead atoms. The molecular formula is C14H21N3O. The first-order chi connectivity index (χ1) is 8.28.